The summed E-state index contributed by atoms with van der Waals surface area (Å²) in [5.41, 5.74) is 4.27. The second-order valence-corrected chi connectivity index (χ2v) is 7.45. The van der Waals surface area contributed by atoms with E-state index < -0.39 is 0 Å². The third-order valence-electron chi connectivity index (χ3n) is 6.48. The summed E-state index contributed by atoms with van der Waals surface area (Å²) in [6, 6.07) is 0. The van der Waals surface area contributed by atoms with Gasteiger partial charge in [-0.15, -0.1) is 0 Å². The van der Waals surface area contributed by atoms with Crippen LogP contribution in [0.3, 0.4) is 0 Å². The highest BCUT2D eigenvalue weighted by Crippen LogP contribution is 2.51. The van der Waals surface area contributed by atoms with Crippen LogP contribution in [0.2, 0.25) is 0 Å². The van der Waals surface area contributed by atoms with Crippen molar-refractivity contribution >= 4 is 0 Å². The Balaban J connectivity index is 0.00000133. The van der Waals surface area contributed by atoms with Crippen LogP contribution in [-0.2, 0) is 0 Å². The van der Waals surface area contributed by atoms with Crippen molar-refractivity contribution in [2.75, 3.05) is 20.1 Å². The van der Waals surface area contributed by atoms with Crippen molar-refractivity contribution in [3.8, 4) is 0 Å². The van der Waals surface area contributed by atoms with E-state index in [2.05, 4.69) is 20.9 Å². The molecular formula is C17H30IN. The first-order valence-electron chi connectivity index (χ1n) is 8.15. The maximum absolute atomic E-state index is 2.59. The van der Waals surface area contributed by atoms with Crippen molar-refractivity contribution in [3.05, 3.63) is 11.1 Å². The lowest BCUT2D eigenvalue weighted by molar-refractivity contribution is -0.961. The Hall–Kier alpha value is 0.430. The molecule has 0 N–H and O–H groups in total. The van der Waals surface area contributed by atoms with Gasteiger partial charge in [0, 0.05) is 18.8 Å². The molecule has 2 aliphatic heterocycles. The van der Waals surface area contributed by atoms with Gasteiger partial charge in [-0.25, -0.2) is 0 Å². The van der Waals surface area contributed by atoms with Crippen LogP contribution in [0.25, 0.3) is 0 Å². The van der Waals surface area contributed by atoms with Crippen LogP contribution in [0.1, 0.15) is 65.2 Å². The third-order valence-corrected chi connectivity index (χ3v) is 6.48. The quantitative estimate of drug-likeness (QED) is 0.388. The standard InChI is InChI=1S/C17H30N.HI/c1-4-6-14-9-11-17(2)16-8-5-7-15(16)10-12-18(17,3)13-14;/h14H,4-13H2,1-3H3;1H/q+1;/p-1. The molecule has 1 aliphatic carbocycles. The number of nitrogens with zero attached hydrogens (tertiary/aromatic N) is 1. The molecule has 19 heavy (non-hydrogen) atoms. The lowest BCUT2D eigenvalue weighted by atomic mass is 9.71. The van der Waals surface area contributed by atoms with E-state index >= 15 is 0 Å². The van der Waals surface area contributed by atoms with E-state index in [1.807, 2.05) is 11.1 Å². The predicted molar refractivity (Wildman–Crippen MR) is 77.4 cm³/mol. The largest absolute Gasteiger partial charge is 1.00 e. The van der Waals surface area contributed by atoms with E-state index in [-0.39, 0.29) is 24.0 Å². The molecule has 3 rings (SSSR count). The van der Waals surface area contributed by atoms with Gasteiger partial charge in [-0.05, 0) is 44.6 Å². The molecule has 3 atom stereocenters. The fraction of sp³-hybridized carbons (Fsp3) is 0.882. The van der Waals surface area contributed by atoms with Crippen LogP contribution in [-0.4, -0.2) is 30.2 Å². The minimum Gasteiger partial charge on any atom is -1.00 e. The van der Waals surface area contributed by atoms with E-state index in [4.69, 9.17) is 0 Å². The van der Waals surface area contributed by atoms with Crippen LogP contribution < -0.4 is 24.0 Å². The summed E-state index contributed by atoms with van der Waals surface area (Å²) >= 11 is 0. The number of piperidine rings is 1. The van der Waals surface area contributed by atoms with Gasteiger partial charge in [-0.3, -0.25) is 0 Å². The second kappa shape index (κ2) is 5.67. The fourth-order valence-electron chi connectivity index (χ4n) is 5.19. The first-order chi connectivity index (χ1) is 8.59. The zero-order valence-electron chi connectivity index (χ0n) is 13.0. The summed E-state index contributed by atoms with van der Waals surface area (Å²) in [6.07, 6.45) is 11.4. The molecule has 3 unspecified atom stereocenters. The molecule has 1 fully saturated rings. The van der Waals surface area contributed by atoms with Crippen molar-refractivity contribution in [3.63, 3.8) is 0 Å². The summed E-state index contributed by atoms with van der Waals surface area (Å²) in [6.45, 7) is 7.80. The summed E-state index contributed by atoms with van der Waals surface area (Å²) in [7, 11) is 2.56. The molecule has 3 aliphatic rings. The smallest absolute Gasteiger partial charge is 0.118 e. The fourth-order valence-corrected chi connectivity index (χ4v) is 5.19. The molecule has 0 spiro atoms. The van der Waals surface area contributed by atoms with Crippen LogP contribution >= 0.6 is 0 Å². The van der Waals surface area contributed by atoms with Crippen molar-refractivity contribution in [1.82, 2.24) is 0 Å². The van der Waals surface area contributed by atoms with Gasteiger partial charge in [0.05, 0.1) is 20.1 Å². The van der Waals surface area contributed by atoms with Crippen LogP contribution in [0.5, 0.6) is 0 Å². The molecule has 2 heteroatoms. The molecule has 0 aromatic carbocycles. The number of hydrogen-bond donors (Lipinski definition) is 0. The van der Waals surface area contributed by atoms with Gasteiger partial charge < -0.3 is 28.5 Å². The molecular weight excluding hydrogens is 345 g/mol. The summed E-state index contributed by atoms with van der Waals surface area (Å²) in [5.74, 6) is 0.997. The second-order valence-electron chi connectivity index (χ2n) is 7.45. The average Bonchev–Trinajstić information content (AvgIpc) is 2.81. The summed E-state index contributed by atoms with van der Waals surface area (Å²) in [5, 5.41) is 0. The maximum Gasteiger partial charge on any atom is 0.118 e. The first-order valence-corrected chi connectivity index (χ1v) is 8.15. The van der Waals surface area contributed by atoms with Crippen molar-refractivity contribution in [2.45, 2.75) is 70.8 Å². The van der Waals surface area contributed by atoms with Crippen LogP contribution in [0, 0.1) is 5.92 Å². The Kier molecular flexibility index (Phi) is 4.72. The molecule has 0 aromatic rings. The Morgan fingerprint density at radius 3 is 2.79 bits per heavy atom. The lowest BCUT2D eigenvalue weighted by Gasteiger charge is -2.57. The Labute approximate surface area is 136 Å². The molecule has 0 radical (unpaired) electrons. The highest BCUT2D eigenvalue weighted by atomic mass is 127. The Morgan fingerprint density at radius 2 is 2.05 bits per heavy atom. The molecule has 0 amide bonds. The minimum absolute atomic E-state index is 0. The van der Waals surface area contributed by atoms with Crippen molar-refractivity contribution in [1.29, 1.82) is 0 Å². The lowest BCUT2D eigenvalue weighted by Crippen LogP contribution is -3.00. The van der Waals surface area contributed by atoms with E-state index in [0.29, 0.717) is 5.54 Å². The van der Waals surface area contributed by atoms with Crippen LogP contribution in [0.4, 0.5) is 0 Å². The van der Waals surface area contributed by atoms with E-state index in [1.165, 1.54) is 68.9 Å². The number of hydrogen-bond acceptors (Lipinski definition) is 0. The van der Waals surface area contributed by atoms with Gasteiger partial charge in [-0.1, -0.05) is 18.9 Å². The zero-order chi connectivity index (χ0) is 12.8. The van der Waals surface area contributed by atoms with Crippen molar-refractivity contribution < 1.29 is 28.5 Å². The molecule has 1 saturated heterocycles. The SMILES string of the molecule is CCCC1CCC2(C)C3=C(CCC3)CC[N+]2(C)C1.[I-]. The molecule has 2 heterocycles. The molecule has 1 nitrogen and oxygen atoms in total. The number of likely N-dealkylation sites (N-methyl/N-ethyl adjacent to an activating group) is 1. The molecule has 0 aromatic heterocycles. The average molecular weight is 375 g/mol. The van der Waals surface area contributed by atoms with E-state index in [0.717, 1.165) is 5.92 Å². The van der Waals surface area contributed by atoms with Gasteiger partial charge in [0.15, 0.2) is 0 Å². The summed E-state index contributed by atoms with van der Waals surface area (Å²) < 4.78 is 1.36. The Morgan fingerprint density at radius 1 is 1.26 bits per heavy atom. The van der Waals surface area contributed by atoms with Crippen molar-refractivity contribution in [2.24, 2.45) is 5.92 Å². The Bertz CT molecular complexity index is 375. The normalized spacial score (nSPS) is 41.5. The van der Waals surface area contributed by atoms with Gasteiger partial charge in [0.25, 0.3) is 0 Å². The first kappa shape index (κ1) is 15.8. The number of fused-ring (bicyclic) bond motifs is 2. The zero-order valence-corrected chi connectivity index (χ0v) is 15.1. The maximum atomic E-state index is 2.59. The minimum atomic E-state index is 0. The molecule has 0 saturated carbocycles. The summed E-state index contributed by atoms with van der Waals surface area (Å²) in [4.78, 5) is 0. The topological polar surface area (TPSA) is 0 Å². The number of quaternary nitrogens is 1. The highest BCUT2D eigenvalue weighted by Gasteiger charge is 2.54. The molecule has 0 bridgehead atoms. The third kappa shape index (κ3) is 2.41. The van der Waals surface area contributed by atoms with E-state index in [9.17, 15) is 0 Å². The van der Waals surface area contributed by atoms with Gasteiger partial charge in [-0.2, -0.15) is 0 Å². The van der Waals surface area contributed by atoms with Gasteiger partial charge in [0.2, 0.25) is 0 Å². The number of rotatable bonds is 2. The number of halogens is 1. The van der Waals surface area contributed by atoms with Gasteiger partial charge >= 0.3 is 0 Å². The van der Waals surface area contributed by atoms with E-state index in [1.54, 1.807) is 0 Å². The highest BCUT2D eigenvalue weighted by molar-refractivity contribution is 5.30. The molecule has 110 valence electrons. The monoisotopic (exact) mass is 375 g/mol. The van der Waals surface area contributed by atoms with Gasteiger partial charge in [0.1, 0.15) is 5.54 Å². The predicted octanol–water partition coefficient (Wildman–Crippen LogP) is 1.29. The van der Waals surface area contributed by atoms with Crippen LogP contribution in [0.15, 0.2) is 11.1 Å².